The molecule has 1 heterocycles. The summed E-state index contributed by atoms with van der Waals surface area (Å²) in [7, 11) is 1.95. The minimum absolute atomic E-state index is 0.645. The monoisotopic (exact) mass is 218 g/mol. The fourth-order valence-corrected chi connectivity index (χ4v) is 1.50. The van der Waals surface area contributed by atoms with Gasteiger partial charge in [0.15, 0.2) is 5.82 Å². The molecule has 0 spiro atoms. The van der Waals surface area contributed by atoms with Crippen molar-refractivity contribution in [1.82, 2.24) is 10.2 Å². The van der Waals surface area contributed by atoms with Gasteiger partial charge < -0.3 is 4.90 Å². The Hall–Kier alpha value is -1.63. The van der Waals surface area contributed by atoms with Crippen LogP contribution < -0.4 is 4.90 Å². The van der Waals surface area contributed by atoms with Gasteiger partial charge in [0.1, 0.15) is 11.6 Å². The summed E-state index contributed by atoms with van der Waals surface area (Å²) in [6.07, 6.45) is 2.22. The number of hydrogen-bond acceptors (Lipinski definition) is 4. The van der Waals surface area contributed by atoms with Crippen LogP contribution >= 0.6 is 0 Å². The van der Waals surface area contributed by atoms with Crippen molar-refractivity contribution in [3.05, 3.63) is 16.8 Å². The maximum atomic E-state index is 9.15. The molecule has 0 unspecified atom stereocenters. The highest BCUT2D eigenvalue weighted by molar-refractivity contribution is 5.56. The first-order chi connectivity index (χ1) is 7.61. The Morgan fingerprint density at radius 3 is 2.56 bits per heavy atom. The van der Waals surface area contributed by atoms with Crippen LogP contribution in [0.25, 0.3) is 0 Å². The molecule has 0 aliphatic rings. The summed E-state index contributed by atoms with van der Waals surface area (Å²) >= 11 is 0. The van der Waals surface area contributed by atoms with E-state index >= 15 is 0 Å². The van der Waals surface area contributed by atoms with E-state index in [1.807, 2.05) is 25.8 Å². The molecule has 0 saturated heterocycles. The van der Waals surface area contributed by atoms with Gasteiger partial charge in [0, 0.05) is 13.6 Å². The summed E-state index contributed by atoms with van der Waals surface area (Å²) in [5.74, 6) is 0.694. The van der Waals surface area contributed by atoms with Crippen LogP contribution in [0.4, 0.5) is 5.82 Å². The normalized spacial score (nSPS) is 9.94. The SMILES string of the molecule is CCCCN(C)c1nnc(C)c(C)c1C#N. The molecule has 0 amide bonds. The van der Waals surface area contributed by atoms with Crippen LogP contribution in [0, 0.1) is 25.2 Å². The standard InChI is InChI=1S/C12H18N4/c1-5-6-7-16(4)12-11(8-13)9(2)10(3)14-15-12/h5-7H2,1-4H3. The zero-order chi connectivity index (χ0) is 12.1. The van der Waals surface area contributed by atoms with Crippen LogP contribution in [0.3, 0.4) is 0 Å². The first kappa shape index (κ1) is 12.4. The van der Waals surface area contributed by atoms with Crippen LogP contribution in [0.5, 0.6) is 0 Å². The van der Waals surface area contributed by atoms with Crippen molar-refractivity contribution in [3.8, 4) is 6.07 Å². The van der Waals surface area contributed by atoms with Gasteiger partial charge in [-0.3, -0.25) is 0 Å². The van der Waals surface area contributed by atoms with E-state index in [2.05, 4.69) is 23.2 Å². The maximum Gasteiger partial charge on any atom is 0.169 e. The van der Waals surface area contributed by atoms with E-state index in [-0.39, 0.29) is 0 Å². The summed E-state index contributed by atoms with van der Waals surface area (Å²) in [5, 5.41) is 17.3. The number of hydrogen-bond donors (Lipinski definition) is 0. The fourth-order valence-electron chi connectivity index (χ4n) is 1.50. The summed E-state index contributed by atoms with van der Waals surface area (Å²) in [4.78, 5) is 2.00. The van der Waals surface area contributed by atoms with Gasteiger partial charge >= 0.3 is 0 Å². The number of unbranched alkanes of at least 4 members (excludes halogenated alkanes) is 1. The quantitative estimate of drug-likeness (QED) is 0.777. The van der Waals surface area contributed by atoms with E-state index in [4.69, 9.17) is 5.26 Å². The molecule has 4 nitrogen and oxygen atoms in total. The smallest absolute Gasteiger partial charge is 0.169 e. The molecule has 0 atom stereocenters. The van der Waals surface area contributed by atoms with Gasteiger partial charge in [0.05, 0.1) is 5.69 Å². The van der Waals surface area contributed by atoms with Crippen molar-refractivity contribution in [2.75, 3.05) is 18.5 Å². The Balaban J connectivity index is 3.05. The van der Waals surface area contributed by atoms with E-state index in [0.717, 1.165) is 30.6 Å². The van der Waals surface area contributed by atoms with Crippen molar-refractivity contribution < 1.29 is 0 Å². The van der Waals surface area contributed by atoms with Gasteiger partial charge in [-0.1, -0.05) is 13.3 Å². The highest BCUT2D eigenvalue weighted by Crippen LogP contribution is 2.20. The molecule has 16 heavy (non-hydrogen) atoms. The van der Waals surface area contributed by atoms with Crippen LogP contribution in [-0.4, -0.2) is 23.8 Å². The zero-order valence-electron chi connectivity index (χ0n) is 10.4. The molecule has 1 aromatic rings. The number of aromatic nitrogens is 2. The first-order valence-electron chi connectivity index (χ1n) is 5.56. The number of nitrogens with zero attached hydrogens (tertiary/aromatic N) is 4. The predicted octanol–water partition coefficient (Wildman–Crippen LogP) is 2.20. The van der Waals surface area contributed by atoms with Crippen molar-refractivity contribution in [3.63, 3.8) is 0 Å². The number of anilines is 1. The lowest BCUT2D eigenvalue weighted by Crippen LogP contribution is -2.22. The van der Waals surface area contributed by atoms with Crippen molar-refractivity contribution in [2.45, 2.75) is 33.6 Å². The second kappa shape index (κ2) is 5.45. The minimum Gasteiger partial charge on any atom is -0.357 e. The predicted molar refractivity (Wildman–Crippen MR) is 64.4 cm³/mol. The van der Waals surface area contributed by atoms with E-state index in [1.165, 1.54) is 0 Å². The van der Waals surface area contributed by atoms with Gasteiger partial charge in [-0.2, -0.15) is 10.4 Å². The summed E-state index contributed by atoms with van der Waals surface area (Å²) in [6, 6.07) is 2.22. The molecule has 0 aliphatic carbocycles. The Labute approximate surface area is 96.9 Å². The third-order valence-electron chi connectivity index (χ3n) is 2.76. The van der Waals surface area contributed by atoms with Gasteiger partial charge in [-0.15, -0.1) is 5.10 Å². The third kappa shape index (κ3) is 2.48. The molecule has 0 aliphatic heterocycles. The highest BCUT2D eigenvalue weighted by Gasteiger charge is 2.13. The lowest BCUT2D eigenvalue weighted by molar-refractivity contribution is 0.749. The average Bonchev–Trinajstić information content (AvgIpc) is 2.29. The third-order valence-corrected chi connectivity index (χ3v) is 2.76. The molecular formula is C12H18N4. The van der Waals surface area contributed by atoms with Crippen molar-refractivity contribution in [1.29, 1.82) is 5.26 Å². The topological polar surface area (TPSA) is 52.8 Å². The first-order valence-corrected chi connectivity index (χ1v) is 5.56. The van der Waals surface area contributed by atoms with E-state index in [0.29, 0.717) is 11.4 Å². The van der Waals surface area contributed by atoms with Crippen LogP contribution in [-0.2, 0) is 0 Å². The average molecular weight is 218 g/mol. The Bertz CT molecular complexity index is 406. The number of rotatable bonds is 4. The Morgan fingerprint density at radius 2 is 2.00 bits per heavy atom. The van der Waals surface area contributed by atoms with Gasteiger partial charge in [-0.05, 0) is 25.8 Å². The number of aryl methyl sites for hydroxylation is 1. The molecular weight excluding hydrogens is 200 g/mol. The Morgan fingerprint density at radius 1 is 1.31 bits per heavy atom. The fraction of sp³-hybridized carbons (Fsp3) is 0.583. The zero-order valence-corrected chi connectivity index (χ0v) is 10.4. The van der Waals surface area contributed by atoms with E-state index in [9.17, 15) is 0 Å². The lowest BCUT2D eigenvalue weighted by atomic mass is 10.1. The molecule has 1 aromatic heterocycles. The molecule has 0 aromatic carbocycles. The van der Waals surface area contributed by atoms with Gasteiger partial charge in [-0.25, -0.2) is 0 Å². The molecule has 1 rings (SSSR count). The van der Waals surface area contributed by atoms with Crippen LogP contribution in [0.2, 0.25) is 0 Å². The lowest BCUT2D eigenvalue weighted by Gasteiger charge is -2.19. The van der Waals surface area contributed by atoms with Gasteiger partial charge in [0.2, 0.25) is 0 Å². The summed E-state index contributed by atoms with van der Waals surface area (Å²) in [5.41, 5.74) is 2.39. The van der Waals surface area contributed by atoms with Crippen LogP contribution in [0.15, 0.2) is 0 Å². The maximum absolute atomic E-state index is 9.15. The summed E-state index contributed by atoms with van der Waals surface area (Å²) in [6.45, 7) is 6.84. The van der Waals surface area contributed by atoms with E-state index < -0.39 is 0 Å². The van der Waals surface area contributed by atoms with Crippen molar-refractivity contribution >= 4 is 5.82 Å². The van der Waals surface area contributed by atoms with E-state index in [1.54, 1.807) is 0 Å². The molecule has 86 valence electrons. The van der Waals surface area contributed by atoms with Crippen LogP contribution in [0.1, 0.15) is 36.6 Å². The Kier molecular flexibility index (Phi) is 4.24. The van der Waals surface area contributed by atoms with Gasteiger partial charge in [0.25, 0.3) is 0 Å². The summed E-state index contributed by atoms with van der Waals surface area (Å²) < 4.78 is 0. The second-order valence-corrected chi connectivity index (χ2v) is 4.00. The second-order valence-electron chi connectivity index (χ2n) is 4.00. The molecule has 0 fully saturated rings. The molecule has 4 heteroatoms. The van der Waals surface area contributed by atoms with Crippen molar-refractivity contribution in [2.24, 2.45) is 0 Å². The molecule has 0 N–H and O–H groups in total. The molecule has 0 saturated carbocycles. The number of nitriles is 1. The largest absolute Gasteiger partial charge is 0.357 e. The molecule has 0 radical (unpaired) electrons. The molecule has 0 bridgehead atoms. The highest BCUT2D eigenvalue weighted by atomic mass is 15.2. The minimum atomic E-state index is 0.645.